The first-order valence-corrected chi connectivity index (χ1v) is 6.00. The van der Waals surface area contributed by atoms with Crippen molar-refractivity contribution < 1.29 is 9.59 Å². The first-order valence-electron chi connectivity index (χ1n) is 6.00. The van der Waals surface area contributed by atoms with Crippen molar-refractivity contribution in [2.75, 3.05) is 11.9 Å². The fourth-order valence-corrected chi connectivity index (χ4v) is 1.62. The van der Waals surface area contributed by atoms with Gasteiger partial charge in [0.2, 0.25) is 6.41 Å². The van der Waals surface area contributed by atoms with Crippen LogP contribution in [0.25, 0.3) is 0 Å². The SMILES string of the molecule is CCCCCC(=O)c1ccc(N(C)C=O)cc1. The first-order chi connectivity index (χ1) is 8.19. The zero-order valence-corrected chi connectivity index (χ0v) is 10.5. The lowest BCUT2D eigenvalue weighted by molar-refractivity contribution is -0.107. The van der Waals surface area contributed by atoms with Gasteiger partial charge in [-0.15, -0.1) is 0 Å². The summed E-state index contributed by atoms with van der Waals surface area (Å²) in [5.41, 5.74) is 1.52. The molecule has 0 N–H and O–H groups in total. The smallest absolute Gasteiger partial charge is 0.213 e. The molecule has 0 aliphatic rings. The van der Waals surface area contributed by atoms with Crippen LogP contribution in [0.4, 0.5) is 5.69 Å². The summed E-state index contributed by atoms with van der Waals surface area (Å²) in [4.78, 5) is 23.8. The predicted molar refractivity (Wildman–Crippen MR) is 69.4 cm³/mol. The Morgan fingerprint density at radius 3 is 2.41 bits per heavy atom. The van der Waals surface area contributed by atoms with E-state index < -0.39 is 0 Å². The number of amides is 1. The minimum absolute atomic E-state index is 0.179. The van der Waals surface area contributed by atoms with Crippen LogP contribution in [-0.4, -0.2) is 19.2 Å². The summed E-state index contributed by atoms with van der Waals surface area (Å²) >= 11 is 0. The monoisotopic (exact) mass is 233 g/mol. The molecule has 0 radical (unpaired) electrons. The van der Waals surface area contributed by atoms with Crippen LogP contribution in [-0.2, 0) is 4.79 Å². The Bertz CT molecular complexity index is 370. The van der Waals surface area contributed by atoms with Gasteiger partial charge in [-0.2, -0.15) is 0 Å². The molecule has 1 aromatic carbocycles. The molecule has 92 valence electrons. The van der Waals surface area contributed by atoms with E-state index in [4.69, 9.17) is 0 Å². The third kappa shape index (κ3) is 4.02. The molecule has 0 unspecified atom stereocenters. The molecule has 0 aromatic heterocycles. The normalized spacial score (nSPS) is 10.0. The minimum Gasteiger partial charge on any atom is -0.318 e. The summed E-state index contributed by atoms with van der Waals surface area (Å²) in [6.07, 6.45) is 4.52. The molecule has 17 heavy (non-hydrogen) atoms. The molecular formula is C14H19NO2. The number of ketones is 1. The third-order valence-corrected chi connectivity index (χ3v) is 2.76. The molecule has 0 saturated heterocycles. The number of Topliss-reactive ketones (excluding diaryl/α,β-unsaturated/α-hetero) is 1. The van der Waals surface area contributed by atoms with Crippen molar-refractivity contribution in [3.05, 3.63) is 29.8 Å². The fourth-order valence-electron chi connectivity index (χ4n) is 1.62. The second kappa shape index (κ2) is 6.84. The molecule has 0 atom stereocenters. The molecule has 0 heterocycles. The maximum Gasteiger partial charge on any atom is 0.213 e. The van der Waals surface area contributed by atoms with Crippen LogP contribution in [0.15, 0.2) is 24.3 Å². The van der Waals surface area contributed by atoms with Crippen LogP contribution in [0.1, 0.15) is 43.0 Å². The maximum absolute atomic E-state index is 11.8. The average Bonchev–Trinajstić information content (AvgIpc) is 2.38. The van der Waals surface area contributed by atoms with Gasteiger partial charge in [-0.25, -0.2) is 0 Å². The number of hydrogen-bond donors (Lipinski definition) is 0. The molecular weight excluding hydrogens is 214 g/mol. The molecule has 0 spiro atoms. The van der Waals surface area contributed by atoms with Gasteiger partial charge in [-0.3, -0.25) is 9.59 Å². The van der Waals surface area contributed by atoms with Crippen LogP contribution in [0.2, 0.25) is 0 Å². The number of carbonyl (C=O) groups is 2. The molecule has 1 aromatic rings. The van der Waals surface area contributed by atoms with Crippen molar-refractivity contribution in [2.24, 2.45) is 0 Å². The highest BCUT2D eigenvalue weighted by Crippen LogP contribution is 2.14. The molecule has 1 rings (SSSR count). The highest BCUT2D eigenvalue weighted by Gasteiger charge is 2.06. The predicted octanol–water partition coefficient (Wildman–Crippen LogP) is 3.04. The summed E-state index contributed by atoms with van der Waals surface area (Å²) in [5, 5.41) is 0. The van der Waals surface area contributed by atoms with Gasteiger partial charge in [-0.05, 0) is 30.7 Å². The summed E-state index contributed by atoms with van der Waals surface area (Å²) in [6, 6.07) is 7.15. The topological polar surface area (TPSA) is 37.4 Å². The minimum atomic E-state index is 0.179. The summed E-state index contributed by atoms with van der Waals surface area (Å²) < 4.78 is 0. The molecule has 0 fully saturated rings. The van der Waals surface area contributed by atoms with E-state index in [0.29, 0.717) is 6.42 Å². The van der Waals surface area contributed by atoms with Crippen LogP contribution < -0.4 is 4.90 Å². The summed E-state index contributed by atoms with van der Waals surface area (Å²) in [5.74, 6) is 0.179. The Balaban J connectivity index is 2.60. The van der Waals surface area contributed by atoms with E-state index in [1.165, 1.54) is 4.90 Å². The molecule has 0 aliphatic carbocycles. The van der Waals surface area contributed by atoms with Gasteiger partial charge in [0.1, 0.15) is 0 Å². The molecule has 1 amide bonds. The van der Waals surface area contributed by atoms with Crippen LogP contribution >= 0.6 is 0 Å². The Morgan fingerprint density at radius 1 is 1.24 bits per heavy atom. The van der Waals surface area contributed by atoms with Crippen molar-refractivity contribution >= 4 is 17.9 Å². The van der Waals surface area contributed by atoms with E-state index in [2.05, 4.69) is 6.92 Å². The van der Waals surface area contributed by atoms with E-state index in [1.54, 1.807) is 31.3 Å². The van der Waals surface area contributed by atoms with Gasteiger partial charge >= 0.3 is 0 Å². The number of unbranched alkanes of at least 4 members (excludes halogenated alkanes) is 2. The van der Waals surface area contributed by atoms with E-state index in [0.717, 1.165) is 36.9 Å². The Morgan fingerprint density at radius 2 is 1.88 bits per heavy atom. The Hall–Kier alpha value is -1.64. The van der Waals surface area contributed by atoms with Gasteiger partial charge in [0, 0.05) is 24.7 Å². The molecule has 0 bridgehead atoms. The second-order valence-electron chi connectivity index (χ2n) is 4.14. The summed E-state index contributed by atoms with van der Waals surface area (Å²) in [6.45, 7) is 2.12. The van der Waals surface area contributed by atoms with Crippen LogP contribution in [0, 0.1) is 0 Å². The van der Waals surface area contributed by atoms with Gasteiger partial charge in [0.05, 0.1) is 0 Å². The van der Waals surface area contributed by atoms with E-state index >= 15 is 0 Å². The molecule has 0 saturated carbocycles. The first kappa shape index (κ1) is 13.4. The van der Waals surface area contributed by atoms with Gasteiger partial charge in [-0.1, -0.05) is 19.8 Å². The van der Waals surface area contributed by atoms with E-state index in [1.807, 2.05) is 0 Å². The number of hydrogen-bond acceptors (Lipinski definition) is 2. The van der Waals surface area contributed by atoms with E-state index in [9.17, 15) is 9.59 Å². The fraction of sp³-hybridized carbons (Fsp3) is 0.429. The highest BCUT2D eigenvalue weighted by molar-refractivity contribution is 5.96. The lowest BCUT2D eigenvalue weighted by atomic mass is 10.0. The van der Waals surface area contributed by atoms with E-state index in [-0.39, 0.29) is 5.78 Å². The Kier molecular flexibility index (Phi) is 5.40. The van der Waals surface area contributed by atoms with Crippen molar-refractivity contribution in [3.8, 4) is 0 Å². The molecule has 0 aliphatic heterocycles. The lowest BCUT2D eigenvalue weighted by Crippen LogP contribution is -2.13. The number of carbonyl (C=O) groups excluding carboxylic acids is 2. The maximum atomic E-state index is 11.8. The van der Waals surface area contributed by atoms with Gasteiger partial charge in [0.15, 0.2) is 5.78 Å². The van der Waals surface area contributed by atoms with Gasteiger partial charge in [0.25, 0.3) is 0 Å². The van der Waals surface area contributed by atoms with Gasteiger partial charge < -0.3 is 4.90 Å². The van der Waals surface area contributed by atoms with Crippen LogP contribution in [0.3, 0.4) is 0 Å². The third-order valence-electron chi connectivity index (χ3n) is 2.76. The van der Waals surface area contributed by atoms with Crippen molar-refractivity contribution in [3.63, 3.8) is 0 Å². The largest absolute Gasteiger partial charge is 0.318 e. The quantitative estimate of drug-likeness (QED) is 0.412. The van der Waals surface area contributed by atoms with Crippen LogP contribution in [0.5, 0.6) is 0 Å². The zero-order chi connectivity index (χ0) is 12.7. The molecule has 3 nitrogen and oxygen atoms in total. The molecule has 3 heteroatoms. The number of rotatable bonds is 7. The highest BCUT2D eigenvalue weighted by atomic mass is 16.1. The summed E-state index contributed by atoms with van der Waals surface area (Å²) in [7, 11) is 1.69. The Labute approximate surface area is 102 Å². The van der Waals surface area contributed by atoms with Crippen molar-refractivity contribution in [1.82, 2.24) is 0 Å². The van der Waals surface area contributed by atoms with Crippen molar-refractivity contribution in [1.29, 1.82) is 0 Å². The second-order valence-corrected chi connectivity index (χ2v) is 4.14. The standard InChI is InChI=1S/C14H19NO2/c1-3-4-5-6-14(17)12-7-9-13(10-8-12)15(2)11-16/h7-11H,3-6H2,1-2H3. The number of nitrogens with zero attached hydrogens (tertiary/aromatic N) is 1. The van der Waals surface area contributed by atoms with Crippen molar-refractivity contribution in [2.45, 2.75) is 32.6 Å². The number of benzene rings is 1. The average molecular weight is 233 g/mol. The zero-order valence-electron chi connectivity index (χ0n) is 10.5. The lowest BCUT2D eigenvalue weighted by Gasteiger charge is -2.10. The number of anilines is 1.